The number of methoxy groups -OCH3 is 1. The number of nitrogens with zero attached hydrogens (tertiary/aromatic N) is 6. The van der Waals surface area contributed by atoms with Gasteiger partial charge in [-0.25, -0.2) is 28.8 Å². The molecule has 0 bridgehead atoms. The molecule has 0 saturated carbocycles. The number of rotatable bonds is 18. The minimum absolute atomic E-state index is 0.0127. The normalized spacial score (nSPS) is 17.2. The molecule has 2 saturated heterocycles. The number of hydrogen-bond donors (Lipinski definition) is 2. The summed E-state index contributed by atoms with van der Waals surface area (Å²) in [5.41, 5.74) is 0.395. The van der Waals surface area contributed by atoms with Crippen LogP contribution >= 0.6 is 7.60 Å². The summed E-state index contributed by atoms with van der Waals surface area (Å²) in [6.45, 7) is 4.81. The van der Waals surface area contributed by atoms with E-state index in [1.54, 1.807) is 45.2 Å². The van der Waals surface area contributed by atoms with Crippen LogP contribution in [0.4, 0.5) is 10.6 Å². The molecule has 4 rings (SSSR count). The standard InChI is InChI=1S/C37H53N6O12P/c1-5-8-21-55-37(48)40-17-19-43(20-18-40,26-33(45)54-7-3)36(47)30(15-22-56(49,50)51)42(25-32(44)53-6-2)35(46)29-23-31(41-16-14-28(24-41)52-4)39-34(38-29)27-12-10-9-11-13-27/h9-13,23,28,30H,5-8,14-22,24-26H2,1-4H3,(H-,49,50,51)/p+1/t28-,30-/m0/s1. The second kappa shape index (κ2) is 20.6. The zero-order chi connectivity index (χ0) is 40.9. The van der Waals surface area contributed by atoms with Gasteiger partial charge >= 0.3 is 31.5 Å². The summed E-state index contributed by atoms with van der Waals surface area (Å²) in [5, 5.41) is 0. The van der Waals surface area contributed by atoms with Crippen LogP contribution in [0.2, 0.25) is 0 Å². The van der Waals surface area contributed by atoms with Crippen molar-refractivity contribution in [3.8, 4) is 11.4 Å². The molecular weight excluding hydrogens is 751 g/mol. The highest BCUT2D eigenvalue weighted by molar-refractivity contribution is 7.51. The Morgan fingerprint density at radius 2 is 1.64 bits per heavy atom. The number of anilines is 1. The summed E-state index contributed by atoms with van der Waals surface area (Å²) >= 11 is 0. The van der Waals surface area contributed by atoms with Crippen LogP contribution in [-0.2, 0) is 37.9 Å². The highest BCUT2D eigenvalue weighted by Crippen LogP contribution is 2.37. The molecule has 56 heavy (non-hydrogen) atoms. The van der Waals surface area contributed by atoms with Gasteiger partial charge in [0.2, 0.25) is 0 Å². The first-order valence-corrected chi connectivity index (χ1v) is 20.7. The van der Waals surface area contributed by atoms with Crippen molar-refractivity contribution >= 4 is 43.3 Å². The third-order valence-electron chi connectivity index (χ3n) is 9.77. The fourth-order valence-corrected chi connectivity index (χ4v) is 7.30. The van der Waals surface area contributed by atoms with E-state index < -0.39 is 73.6 Å². The quantitative estimate of drug-likeness (QED) is 0.0728. The van der Waals surface area contributed by atoms with E-state index in [9.17, 15) is 33.5 Å². The number of carbonyl (C=O) groups is 5. The molecule has 2 fully saturated rings. The highest BCUT2D eigenvalue weighted by Gasteiger charge is 2.50. The summed E-state index contributed by atoms with van der Waals surface area (Å²) in [6, 6.07) is 8.68. The molecule has 308 valence electrons. The first-order valence-electron chi connectivity index (χ1n) is 18.9. The average Bonchev–Trinajstić information content (AvgIpc) is 3.67. The number of aromatic nitrogens is 2. The van der Waals surface area contributed by atoms with Gasteiger partial charge in [0.1, 0.15) is 37.2 Å². The summed E-state index contributed by atoms with van der Waals surface area (Å²) in [5.74, 6) is -2.71. The Morgan fingerprint density at radius 3 is 2.25 bits per heavy atom. The van der Waals surface area contributed by atoms with E-state index in [1.165, 1.54) is 11.0 Å². The Hall–Kier alpha value is -4.48. The Labute approximate surface area is 326 Å². The van der Waals surface area contributed by atoms with Crippen molar-refractivity contribution < 1.29 is 61.8 Å². The number of quaternary nitrogens is 1. The van der Waals surface area contributed by atoms with Crippen LogP contribution < -0.4 is 4.90 Å². The molecule has 2 aliphatic heterocycles. The number of carbonyl (C=O) groups excluding carboxylic acids is 5. The van der Waals surface area contributed by atoms with E-state index in [2.05, 4.69) is 4.98 Å². The maximum absolute atomic E-state index is 15.1. The maximum atomic E-state index is 15.1. The van der Waals surface area contributed by atoms with Gasteiger partial charge in [-0.2, -0.15) is 0 Å². The molecule has 2 aliphatic rings. The fraction of sp³-hybridized carbons (Fsp3) is 0.595. The molecule has 1 aromatic heterocycles. The van der Waals surface area contributed by atoms with E-state index >= 15 is 4.79 Å². The SMILES string of the molecule is CCCCOC(=O)N1CC[N+](CC(=O)OCC)(C(=O)[C@H](CCP(=O)(O)O)N(CC(=O)OCC)C(=O)c2cc(N3CC[C@H](OC)C3)nc(-c3ccccc3)n2)CC1. The van der Waals surface area contributed by atoms with Crippen molar-refractivity contribution in [2.75, 3.05) is 90.4 Å². The van der Waals surface area contributed by atoms with Gasteiger partial charge < -0.3 is 38.5 Å². The summed E-state index contributed by atoms with van der Waals surface area (Å²) in [4.78, 5) is 103. The lowest BCUT2D eigenvalue weighted by Crippen LogP contribution is -2.69. The van der Waals surface area contributed by atoms with Gasteiger partial charge in [-0.1, -0.05) is 43.7 Å². The van der Waals surface area contributed by atoms with Crippen LogP contribution in [0.1, 0.15) is 56.9 Å². The number of esters is 2. The number of hydrogen-bond acceptors (Lipinski definition) is 13. The van der Waals surface area contributed by atoms with Crippen LogP contribution in [0.3, 0.4) is 0 Å². The van der Waals surface area contributed by atoms with Gasteiger partial charge in [-0.05, 0) is 33.1 Å². The number of benzene rings is 1. The smallest absolute Gasteiger partial charge is 0.410 e. The van der Waals surface area contributed by atoms with Crippen LogP contribution in [0, 0.1) is 0 Å². The molecule has 0 aliphatic carbocycles. The molecule has 2 N–H and O–H groups in total. The highest BCUT2D eigenvalue weighted by atomic mass is 31.2. The lowest BCUT2D eigenvalue weighted by molar-refractivity contribution is -0.852. The Bertz CT molecular complexity index is 1720. The van der Waals surface area contributed by atoms with E-state index in [0.717, 1.165) is 11.3 Å². The topological polar surface area (TPSA) is 215 Å². The Balaban J connectivity index is 1.82. The molecule has 2 aromatic rings. The van der Waals surface area contributed by atoms with E-state index in [-0.39, 0.29) is 63.6 Å². The molecule has 0 radical (unpaired) electrons. The maximum Gasteiger partial charge on any atom is 0.410 e. The van der Waals surface area contributed by atoms with E-state index in [0.29, 0.717) is 37.3 Å². The molecule has 18 nitrogen and oxygen atoms in total. The second-order valence-electron chi connectivity index (χ2n) is 13.7. The largest absolute Gasteiger partial charge is 0.465 e. The number of unbranched alkanes of at least 4 members (excludes halogenated alkanes) is 1. The lowest BCUT2D eigenvalue weighted by Gasteiger charge is -2.44. The molecule has 3 amide bonds. The Morgan fingerprint density at radius 1 is 0.964 bits per heavy atom. The zero-order valence-corrected chi connectivity index (χ0v) is 33.4. The average molecular weight is 806 g/mol. The molecule has 3 heterocycles. The van der Waals surface area contributed by atoms with Crippen molar-refractivity contribution in [2.24, 2.45) is 0 Å². The van der Waals surface area contributed by atoms with Crippen LogP contribution in [0.25, 0.3) is 11.4 Å². The minimum atomic E-state index is -4.78. The first kappa shape index (κ1) is 44.2. The number of amides is 3. The second-order valence-corrected chi connectivity index (χ2v) is 15.4. The van der Waals surface area contributed by atoms with E-state index in [1.807, 2.05) is 17.9 Å². The molecule has 19 heteroatoms. The van der Waals surface area contributed by atoms with Crippen LogP contribution in [0.5, 0.6) is 0 Å². The Kier molecular flexibility index (Phi) is 16.3. The van der Waals surface area contributed by atoms with Crippen molar-refractivity contribution in [3.05, 3.63) is 42.1 Å². The molecule has 1 aromatic carbocycles. The van der Waals surface area contributed by atoms with Gasteiger partial charge in [-0.15, -0.1) is 0 Å². The monoisotopic (exact) mass is 805 g/mol. The van der Waals surface area contributed by atoms with Crippen LogP contribution in [0.15, 0.2) is 36.4 Å². The number of ether oxygens (including phenoxy) is 4. The van der Waals surface area contributed by atoms with Crippen molar-refractivity contribution in [1.29, 1.82) is 0 Å². The number of piperazine rings is 1. The fourth-order valence-electron chi connectivity index (χ4n) is 6.72. The van der Waals surface area contributed by atoms with Crippen molar-refractivity contribution in [3.63, 3.8) is 0 Å². The van der Waals surface area contributed by atoms with Crippen molar-refractivity contribution in [2.45, 2.75) is 58.6 Å². The van der Waals surface area contributed by atoms with Crippen LogP contribution in [-0.4, -0.2) is 161 Å². The van der Waals surface area contributed by atoms with Gasteiger partial charge in [0, 0.05) is 31.8 Å². The van der Waals surface area contributed by atoms with Gasteiger partial charge in [-0.3, -0.25) is 19.1 Å². The molecule has 0 unspecified atom stereocenters. The van der Waals surface area contributed by atoms with E-state index in [4.69, 9.17) is 23.9 Å². The third kappa shape index (κ3) is 12.0. The summed E-state index contributed by atoms with van der Waals surface area (Å²) in [7, 11) is -3.17. The summed E-state index contributed by atoms with van der Waals surface area (Å²) < 4.78 is 33.1. The zero-order valence-electron chi connectivity index (χ0n) is 32.5. The third-order valence-corrected chi connectivity index (χ3v) is 10.6. The first-order chi connectivity index (χ1) is 26.7. The molecular formula is C37H54N6O12P+. The lowest BCUT2D eigenvalue weighted by atomic mass is 10.1. The van der Waals surface area contributed by atoms with Crippen molar-refractivity contribution in [1.82, 2.24) is 19.8 Å². The minimum Gasteiger partial charge on any atom is -0.465 e. The predicted molar refractivity (Wildman–Crippen MR) is 202 cm³/mol. The van der Waals surface area contributed by atoms with Gasteiger partial charge in [0.05, 0.1) is 45.2 Å². The van der Waals surface area contributed by atoms with Gasteiger partial charge in [0.15, 0.2) is 12.4 Å². The predicted octanol–water partition coefficient (Wildman–Crippen LogP) is 2.47. The molecule has 2 atom stereocenters. The summed E-state index contributed by atoms with van der Waals surface area (Å²) in [6.07, 6.45) is 0.102. The molecule has 0 spiro atoms. The van der Waals surface area contributed by atoms with Gasteiger partial charge in [0.25, 0.3) is 5.91 Å².